The zero-order valence-corrected chi connectivity index (χ0v) is 33.6. The molecule has 2 aromatic carbocycles. The maximum atomic E-state index is 16.3. The van der Waals surface area contributed by atoms with E-state index >= 15 is 4.39 Å². The van der Waals surface area contributed by atoms with Gasteiger partial charge in [0.2, 0.25) is 0 Å². The van der Waals surface area contributed by atoms with Crippen LogP contribution in [-0.2, 0) is 37.9 Å². The number of anilines is 1. The minimum atomic E-state index is -5.24. The first-order valence-corrected chi connectivity index (χ1v) is 22.3. The van der Waals surface area contributed by atoms with Crippen LogP contribution >= 0.6 is 26.0 Å². The number of nitrogen functional groups attached to an aromatic ring is 1. The first-order valence-electron chi connectivity index (χ1n) is 17.7. The molecule has 7 rings (SSSR count). The third-order valence-corrected chi connectivity index (χ3v) is 13.0. The van der Waals surface area contributed by atoms with E-state index in [4.69, 9.17) is 38.3 Å². The van der Waals surface area contributed by atoms with Crippen molar-refractivity contribution in [2.24, 2.45) is 0 Å². The van der Waals surface area contributed by atoms with Crippen molar-refractivity contribution in [1.82, 2.24) is 29.1 Å². The molecule has 5 heterocycles. The predicted octanol–water partition coefficient (Wildman–Crippen LogP) is 3.60. The molecule has 9 atom stereocenters. The Morgan fingerprint density at radius 1 is 0.967 bits per heavy atom. The van der Waals surface area contributed by atoms with Gasteiger partial charge in [-0.05, 0) is 53.3 Å². The van der Waals surface area contributed by atoms with E-state index in [1.807, 2.05) is 4.98 Å². The van der Waals surface area contributed by atoms with Crippen molar-refractivity contribution in [3.8, 4) is 11.5 Å². The molecule has 0 saturated carbocycles. The average Bonchev–Trinajstić information content (AvgIpc) is 3.91. The van der Waals surface area contributed by atoms with Gasteiger partial charge in [-0.2, -0.15) is 0 Å². The van der Waals surface area contributed by atoms with Crippen LogP contribution in [0.25, 0.3) is 11.2 Å². The van der Waals surface area contributed by atoms with Crippen molar-refractivity contribution in [2.75, 3.05) is 26.1 Å². The summed E-state index contributed by atoms with van der Waals surface area (Å²) in [6, 6.07) is 13.4. The van der Waals surface area contributed by atoms with Gasteiger partial charge in [-0.3, -0.25) is 32.5 Å². The van der Waals surface area contributed by atoms with Crippen LogP contribution in [0.5, 0.6) is 11.5 Å². The van der Waals surface area contributed by atoms with Crippen LogP contribution in [0, 0.1) is 0 Å². The molecule has 0 aliphatic carbocycles. The van der Waals surface area contributed by atoms with E-state index in [-0.39, 0.29) is 34.0 Å². The maximum Gasteiger partial charge on any atom is 0.472 e. The molecular weight excluding hydrogens is 862 g/mol. The van der Waals surface area contributed by atoms with Gasteiger partial charge in [0.05, 0.1) is 38.3 Å². The Labute approximate surface area is 340 Å². The number of nitrogens with zero attached hydrogens (tertiary/aromatic N) is 5. The predicted molar refractivity (Wildman–Crippen MR) is 205 cm³/mol. The van der Waals surface area contributed by atoms with E-state index in [2.05, 4.69) is 15.0 Å². The molecule has 26 heteroatoms. The number of rotatable bonds is 16. The number of hydrogen-bond donors (Lipinski definition) is 4. The molecule has 320 valence electrons. The Hall–Kier alpha value is -4.87. The monoisotopic (exact) mass is 897 g/mol. The number of phosphoric acid groups is 1. The van der Waals surface area contributed by atoms with E-state index in [1.54, 1.807) is 36.4 Å². The third-order valence-electron chi connectivity index (χ3n) is 9.12. The summed E-state index contributed by atoms with van der Waals surface area (Å²) < 4.78 is 96.9. The topological polar surface area (TPSA) is 281 Å². The maximum absolute atomic E-state index is 16.3. The molecule has 60 heavy (non-hydrogen) atoms. The lowest BCUT2D eigenvalue weighted by molar-refractivity contribution is -0.0500. The second kappa shape index (κ2) is 18.0. The summed E-state index contributed by atoms with van der Waals surface area (Å²) in [6.07, 6.45) is -9.14. The van der Waals surface area contributed by atoms with Crippen LogP contribution in [0.15, 0.2) is 83.0 Å². The average molecular weight is 898 g/mol. The van der Waals surface area contributed by atoms with Gasteiger partial charge in [0.15, 0.2) is 30.1 Å². The van der Waals surface area contributed by atoms with Crippen LogP contribution < -0.4 is 26.5 Å². The number of aromatic nitrogens is 6. The molecule has 2 aliphatic rings. The molecular formula is C34H35F2N7O14P2S. The number of nitrogens with one attached hydrogen (secondary N) is 1. The van der Waals surface area contributed by atoms with Gasteiger partial charge in [0.1, 0.15) is 41.7 Å². The molecule has 2 fully saturated rings. The van der Waals surface area contributed by atoms with Gasteiger partial charge in [-0.1, -0.05) is 12.1 Å². The number of ether oxygens (including phenoxy) is 4. The quantitative estimate of drug-likeness (QED) is 0.0625. The number of methoxy groups -OCH3 is 1. The summed E-state index contributed by atoms with van der Waals surface area (Å²) in [5, 5.41) is 0. The number of nitrogens with two attached hydrogens (primary N) is 1. The number of imidazole rings is 1. The number of carbonyl (C=O) groups excluding carboxylic acids is 1. The summed E-state index contributed by atoms with van der Waals surface area (Å²) in [5.41, 5.74) is 5.15. The van der Waals surface area contributed by atoms with Crippen molar-refractivity contribution >= 4 is 49.0 Å². The zero-order chi connectivity index (χ0) is 42.8. The van der Waals surface area contributed by atoms with Gasteiger partial charge < -0.3 is 34.5 Å². The highest BCUT2D eigenvalue weighted by Gasteiger charge is 2.51. The van der Waals surface area contributed by atoms with Gasteiger partial charge >= 0.3 is 26.3 Å². The lowest BCUT2D eigenvalue weighted by Gasteiger charge is -2.23. The van der Waals surface area contributed by atoms with Gasteiger partial charge in [0, 0.05) is 24.4 Å². The molecule has 2 saturated heterocycles. The Morgan fingerprint density at radius 2 is 1.70 bits per heavy atom. The Bertz CT molecular complexity index is 2550. The van der Waals surface area contributed by atoms with Crippen molar-refractivity contribution in [1.29, 1.82) is 0 Å². The third kappa shape index (κ3) is 10.0. The molecule has 0 radical (unpaired) electrons. The fourth-order valence-corrected chi connectivity index (χ4v) is 9.42. The summed E-state index contributed by atoms with van der Waals surface area (Å²) in [5.74, 6) is 0.0679. The second-order valence-corrected chi connectivity index (χ2v) is 18.5. The van der Waals surface area contributed by atoms with E-state index in [0.29, 0.717) is 22.7 Å². The minimum Gasteiger partial charge on any atom is -0.497 e. The number of fused-ring (bicyclic) bond motifs is 1. The Balaban J connectivity index is 0.991. The lowest BCUT2D eigenvalue weighted by atomic mass is 10.1. The number of benzene rings is 2. The molecule has 21 nitrogen and oxygen atoms in total. The number of esters is 1. The van der Waals surface area contributed by atoms with E-state index < -0.39 is 94.6 Å². The van der Waals surface area contributed by atoms with Crippen LogP contribution in [0.2, 0.25) is 0 Å². The number of aromatic amines is 1. The molecule has 5 aromatic rings. The van der Waals surface area contributed by atoms with E-state index in [1.165, 1.54) is 19.2 Å². The van der Waals surface area contributed by atoms with Crippen LogP contribution in [0.3, 0.4) is 0 Å². The smallest absolute Gasteiger partial charge is 0.472 e. The first kappa shape index (κ1) is 43.2. The fourth-order valence-electron chi connectivity index (χ4n) is 6.18. The lowest BCUT2D eigenvalue weighted by Crippen LogP contribution is -2.34. The second-order valence-electron chi connectivity index (χ2n) is 13.1. The molecule has 0 spiro atoms. The molecule has 4 unspecified atom stereocenters. The summed E-state index contributed by atoms with van der Waals surface area (Å²) in [4.78, 5) is 71.5. The highest BCUT2D eigenvalue weighted by Crippen LogP contribution is 2.58. The largest absolute Gasteiger partial charge is 0.497 e. The molecule has 5 N–H and O–H groups in total. The number of alkyl halides is 2. The van der Waals surface area contributed by atoms with Gasteiger partial charge in [-0.25, -0.2) is 42.5 Å². The van der Waals surface area contributed by atoms with Crippen molar-refractivity contribution in [3.05, 3.63) is 105 Å². The summed E-state index contributed by atoms with van der Waals surface area (Å²) in [7, 11) is -3.75. The van der Waals surface area contributed by atoms with Crippen molar-refractivity contribution in [3.63, 3.8) is 0 Å². The number of carbonyl (C=O) groups is 1. The number of hydrogen-bond acceptors (Lipinski definition) is 17. The SMILES string of the molecule is COc1ccc(C(=O)Oc2ccc(CSP(=O)(O)OC[C@H]3O[C@@H](n4cnc5c(N)ncnc54)[C@@H](F)C3OP(=O)(O)OC[C@@H]3CC(F)[C@H](n4ccc(=O)[nH]c4=O)O3)cc2)cc1. The number of H-pyrrole nitrogens is 1. The standard InChI is InChI=1S/C34H35F2N7O14P2S/c1-51-20-8-4-19(5-9-20)33(45)55-21-6-2-18(3-7-21)15-60-59(49,50)53-14-24-28(26(36)32(56-24)43-17-40-27-29(37)38-16-39-30(27)43)57-58(47,48)52-13-22-12-23(35)31(54-22)42-11-10-25(44)41-34(42)46/h2-11,16-17,22-24,26,28,31-32H,12-15H2,1H3,(H,47,48)(H,49,50)(H2,37,38,39)(H,41,44,46)/t22-,23?,24+,26-,28?,31+,32+/m0/s1. The number of phosphoric ester groups is 1. The van der Waals surface area contributed by atoms with Crippen LogP contribution in [-0.4, -0.2) is 95.8 Å². The highest BCUT2D eigenvalue weighted by atomic mass is 32.7. The minimum absolute atomic E-state index is 0.0270. The van der Waals surface area contributed by atoms with Crippen LogP contribution in [0.1, 0.15) is 34.8 Å². The van der Waals surface area contributed by atoms with Gasteiger partial charge in [-0.15, -0.1) is 0 Å². The van der Waals surface area contributed by atoms with Crippen molar-refractivity contribution < 1.29 is 65.0 Å². The van der Waals surface area contributed by atoms with E-state index in [9.17, 15) is 37.7 Å². The van der Waals surface area contributed by atoms with Crippen molar-refractivity contribution in [2.45, 2.75) is 55.3 Å². The number of halogens is 2. The Morgan fingerprint density at radius 3 is 2.42 bits per heavy atom. The summed E-state index contributed by atoms with van der Waals surface area (Å²) in [6.45, 7) is -6.13. The zero-order valence-electron chi connectivity index (χ0n) is 31.0. The molecule has 3 aromatic heterocycles. The molecule has 0 bridgehead atoms. The van der Waals surface area contributed by atoms with Crippen LogP contribution in [0.4, 0.5) is 14.6 Å². The van der Waals surface area contributed by atoms with E-state index in [0.717, 1.165) is 34.1 Å². The fraction of sp³-hybridized carbons (Fsp3) is 0.353. The van der Waals surface area contributed by atoms with Gasteiger partial charge in [0.25, 0.3) is 5.56 Å². The highest BCUT2D eigenvalue weighted by molar-refractivity contribution is 8.54. The summed E-state index contributed by atoms with van der Waals surface area (Å²) >= 11 is 0.496. The normalized spacial score (nSPS) is 24.9. The first-order chi connectivity index (χ1) is 28.6. The Kier molecular flexibility index (Phi) is 13.0. The molecule has 2 aliphatic heterocycles. The molecule has 0 amide bonds.